The van der Waals surface area contributed by atoms with Gasteiger partial charge in [0.1, 0.15) is 6.04 Å². The molecule has 9 heteroatoms. The number of benzene rings is 2. The molecule has 0 spiro atoms. The van der Waals surface area contributed by atoms with Gasteiger partial charge in [-0.3, -0.25) is 14.2 Å². The van der Waals surface area contributed by atoms with E-state index in [4.69, 9.17) is 11.6 Å². The van der Waals surface area contributed by atoms with Crippen LogP contribution in [0.1, 0.15) is 24.2 Å². The number of rotatable bonds is 4. The van der Waals surface area contributed by atoms with Crippen LogP contribution in [0.2, 0.25) is 5.02 Å². The number of fused-ring (bicyclic) bond motifs is 1. The molecule has 28 heavy (non-hydrogen) atoms. The maximum Gasteiger partial charge on any atom is 0.438 e. The largest absolute Gasteiger partial charge is 0.438 e. The number of hydrogen-bond acceptors (Lipinski definition) is 3. The first-order chi connectivity index (χ1) is 13.2. The zero-order chi connectivity index (χ0) is 20.5. The minimum atomic E-state index is -4.93. The van der Waals surface area contributed by atoms with Crippen molar-refractivity contribution in [1.29, 1.82) is 0 Å². The third kappa shape index (κ3) is 4.01. The average molecular weight is 410 g/mol. The van der Waals surface area contributed by atoms with Crippen molar-refractivity contribution in [2.45, 2.75) is 25.7 Å². The van der Waals surface area contributed by atoms with Gasteiger partial charge in [0.15, 0.2) is 0 Å². The molecular formula is C19H15ClF3N3O2. The van der Waals surface area contributed by atoms with Crippen molar-refractivity contribution in [3.63, 3.8) is 0 Å². The van der Waals surface area contributed by atoms with Crippen LogP contribution in [0, 0.1) is 0 Å². The van der Waals surface area contributed by atoms with Gasteiger partial charge in [0, 0.05) is 11.6 Å². The van der Waals surface area contributed by atoms with Crippen molar-refractivity contribution in [3.8, 4) is 0 Å². The number of alkyl halides is 3. The molecule has 0 aliphatic heterocycles. The lowest BCUT2D eigenvalue weighted by molar-refractivity contribution is -0.142. The molecule has 0 saturated heterocycles. The summed E-state index contributed by atoms with van der Waals surface area (Å²) in [6.45, 7) is 1.48. The fourth-order valence-electron chi connectivity index (χ4n) is 2.82. The molecule has 0 aliphatic rings. The molecule has 0 saturated carbocycles. The predicted molar refractivity (Wildman–Crippen MR) is 99.0 cm³/mol. The van der Waals surface area contributed by atoms with Gasteiger partial charge in [-0.2, -0.15) is 13.2 Å². The third-order valence-electron chi connectivity index (χ3n) is 4.19. The van der Waals surface area contributed by atoms with Gasteiger partial charge in [-0.05, 0) is 36.8 Å². The van der Waals surface area contributed by atoms with Crippen molar-refractivity contribution < 1.29 is 18.0 Å². The number of carbonyl (C=O) groups excluding carboxylic acids is 1. The molecule has 2 aromatic carbocycles. The summed E-state index contributed by atoms with van der Waals surface area (Å²) in [5.41, 5.74) is -2.08. The predicted octanol–water partition coefficient (Wildman–Crippen LogP) is 3.95. The summed E-state index contributed by atoms with van der Waals surface area (Å²) in [6, 6.07) is 11.5. The SMILES string of the molecule is C[C@H](C(=O)NCc1cccc(Cl)c1)n1c(=O)c(C(F)(F)F)nc2ccccc21. The molecule has 0 fully saturated rings. The van der Waals surface area contributed by atoms with Crippen molar-refractivity contribution in [2.24, 2.45) is 0 Å². The smallest absolute Gasteiger partial charge is 0.350 e. The quantitative estimate of drug-likeness (QED) is 0.709. The summed E-state index contributed by atoms with van der Waals surface area (Å²) >= 11 is 5.89. The summed E-state index contributed by atoms with van der Waals surface area (Å²) in [6.07, 6.45) is -4.93. The average Bonchev–Trinajstić information content (AvgIpc) is 2.64. The first kappa shape index (κ1) is 19.9. The Hall–Kier alpha value is -2.87. The van der Waals surface area contributed by atoms with Crippen LogP contribution in [0.25, 0.3) is 11.0 Å². The van der Waals surface area contributed by atoms with Crippen molar-refractivity contribution in [2.75, 3.05) is 0 Å². The molecule has 5 nitrogen and oxygen atoms in total. The van der Waals surface area contributed by atoms with Crippen LogP contribution in [-0.4, -0.2) is 15.5 Å². The van der Waals surface area contributed by atoms with E-state index in [1.165, 1.54) is 25.1 Å². The Morgan fingerprint density at radius 2 is 1.93 bits per heavy atom. The van der Waals surface area contributed by atoms with Gasteiger partial charge in [-0.1, -0.05) is 35.9 Å². The monoisotopic (exact) mass is 409 g/mol. The van der Waals surface area contributed by atoms with Gasteiger partial charge in [0.25, 0.3) is 5.56 Å². The van der Waals surface area contributed by atoms with Gasteiger partial charge in [0.2, 0.25) is 11.6 Å². The second-order valence-electron chi connectivity index (χ2n) is 6.15. The molecule has 0 bridgehead atoms. The minimum Gasteiger partial charge on any atom is -0.350 e. The van der Waals surface area contributed by atoms with E-state index >= 15 is 0 Å². The Kier molecular flexibility index (Phi) is 5.42. The second-order valence-corrected chi connectivity index (χ2v) is 6.58. The molecule has 0 aliphatic carbocycles. The number of amides is 1. The van der Waals surface area contributed by atoms with E-state index in [1.54, 1.807) is 30.3 Å². The van der Waals surface area contributed by atoms with Crippen LogP contribution in [0.5, 0.6) is 0 Å². The number of halogens is 4. The highest BCUT2D eigenvalue weighted by molar-refractivity contribution is 6.30. The molecule has 0 unspecified atom stereocenters. The van der Waals surface area contributed by atoms with Gasteiger partial charge < -0.3 is 5.32 Å². The van der Waals surface area contributed by atoms with Crippen LogP contribution >= 0.6 is 11.6 Å². The summed E-state index contributed by atoms with van der Waals surface area (Å²) in [7, 11) is 0. The van der Waals surface area contributed by atoms with E-state index in [0.717, 1.165) is 10.1 Å². The number of carbonyl (C=O) groups is 1. The van der Waals surface area contributed by atoms with Gasteiger partial charge in [-0.25, -0.2) is 4.98 Å². The van der Waals surface area contributed by atoms with Gasteiger partial charge in [-0.15, -0.1) is 0 Å². The molecule has 1 N–H and O–H groups in total. The maximum atomic E-state index is 13.2. The van der Waals surface area contributed by atoms with Crippen LogP contribution in [0.4, 0.5) is 13.2 Å². The highest BCUT2D eigenvalue weighted by Crippen LogP contribution is 2.27. The summed E-state index contributed by atoms with van der Waals surface area (Å²) in [5.74, 6) is -0.605. The fourth-order valence-corrected chi connectivity index (χ4v) is 3.04. The molecule has 146 valence electrons. The molecule has 1 atom stereocenters. The van der Waals surface area contributed by atoms with E-state index in [9.17, 15) is 22.8 Å². The molecule has 3 aromatic rings. The third-order valence-corrected chi connectivity index (χ3v) is 4.42. The number of nitrogens with one attached hydrogen (secondary N) is 1. The Morgan fingerprint density at radius 1 is 1.21 bits per heavy atom. The number of hydrogen-bond donors (Lipinski definition) is 1. The van der Waals surface area contributed by atoms with E-state index in [1.807, 2.05) is 0 Å². The van der Waals surface area contributed by atoms with Crippen LogP contribution < -0.4 is 10.9 Å². The Balaban J connectivity index is 1.98. The Morgan fingerprint density at radius 3 is 2.61 bits per heavy atom. The van der Waals surface area contributed by atoms with Crippen molar-refractivity contribution >= 4 is 28.5 Å². The van der Waals surface area contributed by atoms with Crippen molar-refractivity contribution in [1.82, 2.24) is 14.9 Å². The van der Waals surface area contributed by atoms with Crippen molar-refractivity contribution in [3.05, 3.63) is 75.2 Å². The van der Waals surface area contributed by atoms with E-state index in [2.05, 4.69) is 10.3 Å². The van der Waals surface area contributed by atoms with E-state index in [-0.39, 0.29) is 17.6 Å². The highest BCUT2D eigenvalue weighted by atomic mass is 35.5. The zero-order valence-electron chi connectivity index (χ0n) is 14.6. The first-order valence-electron chi connectivity index (χ1n) is 8.29. The van der Waals surface area contributed by atoms with E-state index in [0.29, 0.717) is 5.02 Å². The van der Waals surface area contributed by atoms with E-state index < -0.39 is 29.4 Å². The maximum absolute atomic E-state index is 13.2. The molecule has 3 rings (SSSR count). The van der Waals surface area contributed by atoms with Crippen LogP contribution in [0.3, 0.4) is 0 Å². The molecule has 1 amide bonds. The second kappa shape index (κ2) is 7.63. The standard InChI is InChI=1S/C19H15ClF3N3O2/c1-11(17(27)24-10-12-5-4-6-13(20)9-12)26-15-8-3-2-7-14(15)25-16(18(26)28)19(21,22)23/h2-9,11H,10H2,1H3,(H,24,27)/t11-/m1/s1. The summed E-state index contributed by atoms with van der Waals surface area (Å²) in [4.78, 5) is 28.5. The molecule has 0 radical (unpaired) electrons. The lowest BCUT2D eigenvalue weighted by Crippen LogP contribution is -2.38. The number of nitrogens with zero attached hydrogens (tertiary/aromatic N) is 2. The minimum absolute atomic E-state index is 0.0242. The number of para-hydroxylation sites is 2. The first-order valence-corrected chi connectivity index (χ1v) is 8.67. The van der Waals surface area contributed by atoms with Gasteiger partial charge in [0.05, 0.1) is 11.0 Å². The van der Waals surface area contributed by atoms with Crippen LogP contribution in [-0.2, 0) is 17.5 Å². The molecule has 1 heterocycles. The molecular weight excluding hydrogens is 395 g/mol. The lowest BCUT2D eigenvalue weighted by Gasteiger charge is -2.19. The Bertz CT molecular complexity index is 1100. The zero-order valence-corrected chi connectivity index (χ0v) is 15.4. The summed E-state index contributed by atoms with van der Waals surface area (Å²) < 4.78 is 40.5. The number of aromatic nitrogens is 2. The van der Waals surface area contributed by atoms with Gasteiger partial charge >= 0.3 is 6.18 Å². The Labute approximate surface area is 162 Å². The summed E-state index contributed by atoms with van der Waals surface area (Å²) in [5, 5.41) is 3.11. The fraction of sp³-hybridized carbons (Fsp3) is 0.211. The van der Waals surface area contributed by atoms with Crippen LogP contribution in [0.15, 0.2) is 53.3 Å². The normalized spacial score (nSPS) is 12.8. The molecule has 1 aromatic heterocycles. The highest BCUT2D eigenvalue weighted by Gasteiger charge is 2.38. The topological polar surface area (TPSA) is 64.0 Å². The lowest BCUT2D eigenvalue weighted by atomic mass is 10.2.